The predicted octanol–water partition coefficient (Wildman–Crippen LogP) is 2.30. The number of likely N-dealkylation sites (tertiary alicyclic amines) is 1. The normalized spacial score (nSPS) is 17.7. The molecule has 1 fully saturated rings. The van der Waals surface area contributed by atoms with E-state index in [0.717, 1.165) is 18.7 Å². The van der Waals surface area contributed by atoms with E-state index in [1.165, 1.54) is 18.4 Å². The molecule has 1 unspecified atom stereocenters. The van der Waals surface area contributed by atoms with E-state index in [4.69, 9.17) is 5.73 Å². The Kier molecular flexibility index (Phi) is 5.81. The molecule has 1 heterocycles. The van der Waals surface area contributed by atoms with Crippen LogP contribution < -0.4 is 11.1 Å². The monoisotopic (exact) mass is 286 g/mol. The van der Waals surface area contributed by atoms with Gasteiger partial charge in [-0.15, -0.1) is 0 Å². The summed E-state index contributed by atoms with van der Waals surface area (Å²) in [6, 6.07) is 10.9. The molecular formula is C17H26N4. The highest BCUT2D eigenvalue weighted by atomic mass is 15.2. The van der Waals surface area contributed by atoms with Gasteiger partial charge in [-0.25, -0.2) is 0 Å². The number of benzene rings is 1. The van der Waals surface area contributed by atoms with Crippen LogP contribution in [0.5, 0.6) is 0 Å². The Morgan fingerprint density at radius 1 is 1.33 bits per heavy atom. The molecule has 4 nitrogen and oxygen atoms in total. The Balaban J connectivity index is 2.02. The smallest absolute Gasteiger partial charge is 0.188 e. The molecule has 1 aliphatic rings. The molecule has 21 heavy (non-hydrogen) atoms. The van der Waals surface area contributed by atoms with Crippen LogP contribution in [0.25, 0.3) is 0 Å². The number of nitrogens with two attached hydrogens (primary N) is 1. The molecule has 1 aromatic carbocycles. The van der Waals surface area contributed by atoms with Crippen molar-refractivity contribution in [3.8, 4) is 0 Å². The van der Waals surface area contributed by atoms with Gasteiger partial charge in [0.15, 0.2) is 5.96 Å². The van der Waals surface area contributed by atoms with Crippen molar-refractivity contribution in [2.75, 3.05) is 26.2 Å². The lowest BCUT2D eigenvalue weighted by Crippen LogP contribution is -2.34. The van der Waals surface area contributed by atoms with Crippen molar-refractivity contribution >= 4 is 5.96 Å². The maximum Gasteiger partial charge on any atom is 0.188 e. The van der Waals surface area contributed by atoms with Crippen LogP contribution >= 0.6 is 0 Å². The molecule has 114 valence electrons. The minimum absolute atomic E-state index is 0.318. The summed E-state index contributed by atoms with van der Waals surface area (Å²) in [5.41, 5.74) is 8.29. The zero-order chi connectivity index (χ0) is 15.1. The average molecular weight is 286 g/mol. The topological polar surface area (TPSA) is 53.6 Å². The lowest BCUT2D eigenvalue weighted by molar-refractivity contribution is 0.252. The van der Waals surface area contributed by atoms with E-state index in [1.807, 2.05) is 6.92 Å². The first-order valence-electron chi connectivity index (χ1n) is 7.64. The third-order valence-corrected chi connectivity index (χ3v) is 3.77. The van der Waals surface area contributed by atoms with Crippen LogP contribution in [0.1, 0.15) is 31.4 Å². The lowest BCUT2D eigenvalue weighted by atomic mass is 10.1. The van der Waals surface area contributed by atoms with E-state index in [2.05, 4.69) is 52.1 Å². The molecule has 2 rings (SSSR count). The standard InChI is InChI=1S/C17H26N4/c1-14(2)12-19-17(18)20-13-16(21-10-6-7-11-21)15-8-4-3-5-9-15/h3-5,8-9,16H,1,6-7,10-13H2,2H3,(H3,18,19,20). The van der Waals surface area contributed by atoms with Crippen LogP contribution in [0.2, 0.25) is 0 Å². The number of aliphatic imine (C=N–C) groups is 1. The van der Waals surface area contributed by atoms with Crippen LogP contribution in [0.15, 0.2) is 47.5 Å². The van der Waals surface area contributed by atoms with Crippen LogP contribution in [0.3, 0.4) is 0 Å². The fraction of sp³-hybridized carbons (Fsp3) is 0.471. The summed E-state index contributed by atoms with van der Waals surface area (Å²) in [5, 5.41) is 3.09. The summed E-state index contributed by atoms with van der Waals surface area (Å²) in [6.07, 6.45) is 2.55. The van der Waals surface area contributed by atoms with Crippen molar-refractivity contribution in [2.45, 2.75) is 25.8 Å². The van der Waals surface area contributed by atoms with Crippen molar-refractivity contribution in [3.63, 3.8) is 0 Å². The Morgan fingerprint density at radius 2 is 2.00 bits per heavy atom. The highest BCUT2D eigenvalue weighted by Gasteiger charge is 2.22. The summed E-state index contributed by atoms with van der Waals surface area (Å²) in [6.45, 7) is 9.48. The molecular weight excluding hydrogens is 260 g/mol. The molecule has 4 heteroatoms. The van der Waals surface area contributed by atoms with Crippen LogP contribution in [0.4, 0.5) is 0 Å². The van der Waals surface area contributed by atoms with Gasteiger partial charge in [0.05, 0.1) is 12.6 Å². The van der Waals surface area contributed by atoms with E-state index < -0.39 is 0 Å². The first-order valence-corrected chi connectivity index (χ1v) is 7.64. The fourth-order valence-corrected chi connectivity index (χ4v) is 2.64. The third kappa shape index (κ3) is 4.90. The molecule has 0 radical (unpaired) electrons. The first kappa shape index (κ1) is 15.6. The van der Waals surface area contributed by atoms with Crippen LogP contribution in [-0.2, 0) is 0 Å². The van der Waals surface area contributed by atoms with Gasteiger partial charge in [0.25, 0.3) is 0 Å². The average Bonchev–Trinajstić information content (AvgIpc) is 3.00. The SMILES string of the molecule is C=C(C)CNC(N)=NCC(c1ccccc1)N1CCCC1. The number of hydrogen-bond acceptors (Lipinski definition) is 2. The van der Waals surface area contributed by atoms with E-state index in [-0.39, 0.29) is 0 Å². The summed E-state index contributed by atoms with van der Waals surface area (Å²) in [5.74, 6) is 0.498. The van der Waals surface area contributed by atoms with E-state index in [0.29, 0.717) is 25.1 Å². The fourth-order valence-electron chi connectivity index (χ4n) is 2.64. The van der Waals surface area contributed by atoms with Crippen LogP contribution in [0, 0.1) is 0 Å². The van der Waals surface area contributed by atoms with Gasteiger partial charge in [-0.05, 0) is 38.4 Å². The number of rotatable bonds is 6. The van der Waals surface area contributed by atoms with Crippen molar-refractivity contribution < 1.29 is 0 Å². The summed E-state index contributed by atoms with van der Waals surface area (Å²) < 4.78 is 0. The quantitative estimate of drug-likeness (QED) is 0.479. The molecule has 0 amide bonds. The van der Waals surface area contributed by atoms with Gasteiger partial charge in [-0.2, -0.15) is 0 Å². The maximum atomic E-state index is 5.93. The van der Waals surface area contributed by atoms with Gasteiger partial charge in [-0.3, -0.25) is 9.89 Å². The molecule has 0 bridgehead atoms. The summed E-state index contributed by atoms with van der Waals surface area (Å²) >= 11 is 0. The van der Waals surface area contributed by atoms with Gasteiger partial charge in [-0.1, -0.05) is 42.5 Å². The Morgan fingerprint density at radius 3 is 2.62 bits per heavy atom. The molecule has 0 spiro atoms. The second kappa shape index (κ2) is 7.84. The number of guanidine groups is 1. The van der Waals surface area contributed by atoms with Gasteiger partial charge >= 0.3 is 0 Å². The van der Waals surface area contributed by atoms with E-state index in [9.17, 15) is 0 Å². The van der Waals surface area contributed by atoms with E-state index >= 15 is 0 Å². The minimum atomic E-state index is 0.318. The summed E-state index contributed by atoms with van der Waals surface area (Å²) in [4.78, 5) is 7.02. The first-order chi connectivity index (χ1) is 10.2. The minimum Gasteiger partial charge on any atom is -0.370 e. The number of nitrogens with one attached hydrogen (secondary N) is 1. The number of hydrogen-bond donors (Lipinski definition) is 2. The van der Waals surface area contributed by atoms with Gasteiger partial charge in [0.2, 0.25) is 0 Å². The summed E-state index contributed by atoms with van der Waals surface area (Å²) in [7, 11) is 0. The van der Waals surface area contributed by atoms with Crippen LogP contribution in [-0.4, -0.2) is 37.0 Å². The molecule has 1 atom stereocenters. The van der Waals surface area contributed by atoms with Crippen molar-refractivity contribution in [1.82, 2.24) is 10.2 Å². The van der Waals surface area contributed by atoms with Crippen molar-refractivity contribution in [2.24, 2.45) is 10.7 Å². The zero-order valence-electron chi connectivity index (χ0n) is 12.9. The predicted molar refractivity (Wildman–Crippen MR) is 89.3 cm³/mol. The zero-order valence-corrected chi connectivity index (χ0v) is 12.9. The second-order valence-corrected chi connectivity index (χ2v) is 5.71. The van der Waals surface area contributed by atoms with Gasteiger partial charge in [0, 0.05) is 6.54 Å². The lowest BCUT2D eigenvalue weighted by Gasteiger charge is -2.26. The van der Waals surface area contributed by atoms with Gasteiger partial charge in [0.1, 0.15) is 0 Å². The maximum absolute atomic E-state index is 5.93. The Labute approximate surface area is 127 Å². The largest absolute Gasteiger partial charge is 0.370 e. The second-order valence-electron chi connectivity index (χ2n) is 5.71. The molecule has 1 aliphatic heterocycles. The molecule has 3 N–H and O–H groups in total. The highest BCUT2D eigenvalue weighted by molar-refractivity contribution is 5.78. The molecule has 1 saturated heterocycles. The molecule has 0 aromatic heterocycles. The Bertz CT molecular complexity index is 475. The highest BCUT2D eigenvalue weighted by Crippen LogP contribution is 2.25. The van der Waals surface area contributed by atoms with Gasteiger partial charge < -0.3 is 11.1 Å². The van der Waals surface area contributed by atoms with Crippen molar-refractivity contribution in [1.29, 1.82) is 0 Å². The molecule has 0 saturated carbocycles. The van der Waals surface area contributed by atoms with Crippen molar-refractivity contribution in [3.05, 3.63) is 48.0 Å². The number of nitrogens with zero attached hydrogens (tertiary/aromatic N) is 2. The molecule has 0 aliphatic carbocycles. The molecule has 1 aromatic rings. The Hall–Kier alpha value is -1.81. The van der Waals surface area contributed by atoms with E-state index in [1.54, 1.807) is 0 Å². The third-order valence-electron chi connectivity index (χ3n) is 3.77.